The zero-order chi connectivity index (χ0) is 13.8. The van der Waals surface area contributed by atoms with Crippen LogP contribution in [0.4, 0.5) is 0 Å². The van der Waals surface area contributed by atoms with Gasteiger partial charge >= 0.3 is 0 Å². The third kappa shape index (κ3) is 2.52. The molecule has 1 heterocycles. The molecule has 3 heteroatoms. The van der Waals surface area contributed by atoms with Crippen molar-refractivity contribution in [2.24, 2.45) is 0 Å². The molecule has 97 valence electrons. The lowest BCUT2D eigenvalue weighted by Gasteiger charge is -2.06. The Morgan fingerprint density at radius 2 is 1.70 bits per heavy atom. The van der Waals surface area contributed by atoms with Crippen LogP contribution in [-0.2, 0) is 6.54 Å². The van der Waals surface area contributed by atoms with Gasteiger partial charge < -0.3 is 4.57 Å². The Morgan fingerprint density at radius 3 is 2.40 bits per heavy atom. The summed E-state index contributed by atoms with van der Waals surface area (Å²) in [4.78, 5) is 14.7. The molecule has 0 atom stereocenters. The highest BCUT2D eigenvalue weighted by molar-refractivity contribution is 5.69. The second-order valence-corrected chi connectivity index (χ2v) is 4.51. The molecule has 0 aliphatic rings. The van der Waals surface area contributed by atoms with E-state index in [1.165, 1.54) is 17.3 Å². The van der Waals surface area contributed by atoms with Gasteiger partial charge in [0.15, 0.2) is 12.1 Å². The van der Waals surface area contributed by atoms with E-state index < -0.39 is 0 Å². The van der Waals surface area contributed by atoms with Gasteiger partial charge in [0.05, 0.1) is 12.4 Å². The number of nitrogens with zero attached hydrogens (tertiary/aromatic N) is 2. The molecule has 0 N–H and O–H groups in total. The van der Waals surface area contributed by atoms with Crippen LogP contribution in [0.5, 0.6) is 0 Å². The Bertz CT molecular complexity index is 699. The van der Waals surface area contributed by atoms with E-state index >= 15 is 0 Å². The lowest BCUT2D eigenvalue weighted by Crippen LogP contribution is -2.03. The smallest absolute Gasteiger partial charge is 0.185 e. The third-order valence-electron chi connectivity index (χ3n) is 3.19. The second-order valence-electron chi connectivity index (χ2n) is 4.51. The molecule has 0 unspecified atom stereocenters. The first-order valence-electron chi connectivity index (χ1n) is 6.39. The van der Waals surface area contributed by atoms with Crippen molar-refractivity contribution in [1.82, 2.24) is 9.55 Å². The van der Waals surface area contributed by atoms with Crippen molar-refractivity contribution in [2.75, 3.05) is 0 Å². The average molecular weight is 261 g/mol. The lowest BCUT2D eigenvalue weighted by molar-refractivity contribution is 0.111. The molecule has 1 radical (unpaired) electrons. The van der Waals surface area contributed by atoms with Gasteiger partial charge in [-0.05, 0) is 16.7 Å². The van der Waals surface area contributed by atoms with Crippen molar-refractivity contribution >= 4 is 6.29 Å². The monoisotopic (exact) mass is 261 g/mol. The average Bonchev–Trinajstić information content (AvgIpc) is 2.96. The first kappa shape index (κ1) is 12.4. The molecule has 0 fully saturated rings. The summed E-state index contributed by atoms with van der Waals surface area (Å²) in [5, 5.41) is 0. The number of hydrogen-bond acceptors (Lipinski definition) is 2. The van der Waals surface area contributed by atoms with Gasteiger partial charge in [0.2, 0.25) is 0 Å². The van der Waals surface area contributed by atoms with Gasteiger partial charge in [-0.3, -0.25) is 4.79 Å². The van der Waals surface area contributed by atoms with Gasteiger partial charge in [-0.25, -0.2) is 4.98 Å². The number of aromatic nitrogens is 2. The number of hydrogen-bond donors (Lipinski definition) is 0. The maximum Gasteiger partial charge on any atom is 0.185 e. The van der Waals surface area contributed by atoms with Gasteiger partial charge in [0, 0.05) is 6.54 Å². The van der Waals surface area contributed by atoms with Crippen molar-refractivity contribution in [3.63, 3.8) is 0 Å². The summed E-state index contributed by atoms with van der Waals surface area (Å²) in [5.74, 6) is 0.400. The first-order valence-corrected chi connectivity index (χ1v) is 6.39. The molecule has 0 amide bonds. The Hall–Kier alpha value is -2.68. The zero-order valence-electron chi connectivity index (χ0n) is 10.9. The zero-order valence-corrected chi connectivity index (χ0v) is 10.9. The summed E-state index contributed by atoms with van der Waals surface area (Å²) >= 11 is 0. The van der Waals surface area contributed by atoms with Crippen LogP contribution in [0.1, 0.15) is 16.2 Å². The fourth-order valence-electron chi connectivity index (χ4n) is 2.14. The van der Waals surface area contributed by atoms with E-state index in [0.29, 0.717) is 12.4 Å². The molecule has 3 aromatic rings. The number of rotatable bonds is 4. The fraction of sp³-hybridized carbons (Fsp3) is 0.0588. The molecule has 0 bridgehead atoms. The van der Waals surface area contributed by atoms with Gasteiger partial charge in [-0.15, -0.1) is 0 Å². The van der Waals surface area contributed by atoms with E-state index in [1.54, 1.807) is 4.57 Å². The minimum absolute atomic E-state index is 0.400. The molecule has 20 heavy (non-hydrogen) atoms. The highest BCUT2D eigenvalue weighted by Crippen LogP contribution is 2.19. The van der Waals surface area contributed by atoms with Crippen molar-refractivity contribution in [3.8, 4) is 11.1 Å². The fourth-order valence-corrected chi connectivity index (χ4v) is 2.14. The molecule has 2 aromatic carbocycles. The molecule has 0 saturated carbocycles. The summed E-state index contributed by atoms with van der Waals surface area (Å²) in [6.45, 7) is 0.600. The summed E-state index contributed by atoms with van der Waals surface area (Å²) < 4.78 is 1.71. The number of imidazole rings is 1. The summed E-state index contributed by atoms with van der Waals surface area (Å²) in [6.07, 6.45) is 5.19. The van der Waals surface area contributed by atoms with E-state index in [1.807, 2.05) is 18.2 Å². The van der Waals surface area contributed by atoms with Crippen LogP contribution < -0.4 is 0 Å². The summed E-state index contributed by atoms with van der Waals surface area (Å²) in [6, 6.07) is 18.5. The predicted molar refractivity (Wildman–Crippen MR) is 77.4 cm³/mol. The molecule has 0 spiro atoms. The highest BCUT2D eigenvalue weighted by Gasteiger charge is 2.03. The van der Waals surface area contributed by atoms with E-state index in [0.717, 1.165) is 11.8 Å². The summed E-state index contributed by atoms with van der Waals surface area (Å²) in [7, 11) is 0. The van der Waals surface area contributed by atoms with Crippen LogP contribution in [0, 0.1) is 6.20 Å². The van der Waals surface area contributed by atoms with Gasteiger partial charge in [0.25, 0.3) is 0 Å². The number of aldehydes is 1. The predicted octanol–water partition coefficient (Wildman–Crippen LogP) is 3.21. The molecular weight excluding hydrogens is 248 g/mol. The Morgan fingerprint density at radius 1 is 1.00 bits per heavy atom. The van der Waals surface area contributed by atoms with Crippen LogP contribution in [0.2, 0.25) is 0 Å². The number of carbonyl (C=O) groups excluding carboxylic acids is 1. The molecule has 0 aliphatic heterocycles. The number of carbonyl (C=O) groups is 1. The Labute approximate surface area is 117 Å². The van der Waals surface area contributed by atoms with Crippen LogP contribution in [-0.4, -0.2) is 15.8 Å². The maximum absolute atomic E-state index is 10.8. The molecule has 0 saturated heterocycles. The van der Waals surface area contributed by atoms with Gasteiger partial charge in [0.1, 0.15) is 0 Å². The minimum atomic E-state index is 0.400. The van der Waals surface area contributed by atoms with Crippen LogP contribution >= 0.6 is 0 Å². The van der Waals surface area contributed by atoms with Crippen molar-refractivity contribution in [3.05, 3.63) is 78.4 Å². The van der Waals surface area contributed by atoms with E-state index in [-0.39, 0.29) is 0 Å². The second kappa shape index (κ2) is 5.53. The molecule has 1 aromatic heterocycles. The standard InChI is InChI=1S/C17H13N2O/c20-13-17-18-10-11-19(17)12-14-6-8-16(9-7-14)15-4-2-1-3-5-15/h1-10,13H,12H2. The topological polar surface area (TPSA) is 34.9 Å². The molecule has 0 aliphatic carbocycles. The van der Waals surface area contributed by atoms with E-state index in [2.05, 4.69) is 47.6 Å². The lowest BCUT2D eigenvalue weighted by atomic mass is 10.0. The minimum Gasteiger partial charge on any atom is -0.316 e. The molecule has 3 nitrogen and oxygen atoms in total. The van der Waals surface area contributed by atoms with Crippen molar-refractivity contribution < 1.29 is 4.79 Å². The normalized spacial score (nSPS) is 10.4. The van der Waals surface area contributed by atoms with E-state index in [9.17, 15) is 4.79 Å². The summed E-state index contributed by atoms with van der Waals surface area (Å²) in [5.41, 5.74) is 3.49. The highest BCUT2D eigenvalue weighted by atomic mass is 16.1. The Balaban J connectivity index is 1.82. The first-order chi connectivity index (χ1) is 9.86. The largest absolute Gasteiger partial charge is 0.316 e. The van der Waals surface area contributed by atoms with Crippen molar-refractivity contribution in [1.29, 1.82) is 0 Å². The molecule has 3 rings (SSSR count). The number of benzene rings is 2. The van der Waals surface area contributed by atoms with Crippen LogP contribution in [0.3, 0.4) is 0 Å². The van der Waals surface area contributed by atoms with Crippen LogP contribution in [0.15, 0.2) is 60.8 Å². The van der Waals surface area contributed by atoms with Crippen molar-refractivity contribution in [2.45, 2.75) is 6.54 Å². The SMILES string of the molecule is O=Cc1nc[c]n1Cc1ccc(-c2ccccc2)cc1. The van der Waals surface area contributed by atoms with Gasteiger partial charge in [-0.1, -0.05) is 54.6 Å². The quantitative estimate of drug-likeness (QED) is 0.676. The Kier molecular flexibility index (Phi) is 3.42. The van der Waals surface area contributed by atoms with E-state index in [4.69, 9.17) is 0 Å². The van der Waals surface area contributed by atoms with Crippen LogP contribution in [0.25, 0.3) is 11.1 Å². The maximum atomic E-state index is 10.8. The van der Waals surface area contributed by atoms with Gasteiger partial charge in [-0.2, -0.15) is 0 Å². The molecular formula is C17H13N2O. The third-order valence-corrected chi connectivity index (χ3v) is 3.19.